The molecule has 0 radical (unpaired) electrons. The number of methoxy groups -OCH3 is 1. The molecule has 0 bridgehead atoms. The second kappa shape index (κ2) is 9.05. The average Bonchev–Trinajstić information content (AvgIpc) is 2.69. The van der Waals surface area contributed by atoms with E-state index in [9.17, 15) is 4.79 Å². The number of hydrogen-bond acceptors (Lipinski definition) is 4. The van der Waals surface area contributed by atoms with Crippen LogP contribution in [0.25, 0.3) is 0 Å². The van der Waals surface area contributed by atoms with Gasteiger partial charge in [-0.3, -0.25) is 4.79 Å². The Labute approximate surface area is 163 Å². The summed E-state index contributed by atoms with van der Waals surface area (Å²) in [5, 5.41) is 6.82. The van der Waals surface area contributed by atoms with Crippen LogP contribution in [0.3, 0.4) is 0 Å². The minimum Gasteiger partial charge on any atom is -0.497 e. The summed E-state index contributed by atoms with van der Waals surface area (Å²) >= 11 is 5.99. The third kappa shape index (κ3) is 5.46. The molecular weight excluding hydrogens is 362 g/mol. The highest BCUT2D eigenvalue weighted by Gasteiger charge is 2.06. The number of aromatic nitrogens is 1. The van der Waals surface area contributed by atoms with E-state index in [0.717, 1.165) is 23.8 Å². The summed E-state index contributed by atoms with van der Waals surface area (Å²) in [5.41, 5.74) is 2.36. The normalized spacial score (nSPS) is 10.3. The third-order valence-corrected chi connectivity index (χ3v) is 4.22. The van der Waals surface area contributed by atoms with Gasteiger partial charge in [0.15, 0.2) is 0 Å². The van der Waals surface area contributed by atoms with Gasteiger partial charge in [-0.25, -0.2) is 4.98 Å². The molecule has 0 atom stereocenters. The molecule has 0 fully saturated rings. The fourth-order valence-electron chi connectivity index (χ4n) is 2.55. The van der Waals surface area contributed by atoms with Crippen molar-refractivity contribution in [3.63, 3.8) is 0 Å². The van der Waals surface area contributed by atoms with Gasteiger partial charge in [0.25, 0.3) is 5.91 Å². The fourth-order valence-corrected chi connectivity index (χ4v) is 2.76. The maximum Gasteiger partial charge on any atom is 0.255 e. The SMILES string of the molecule is COc1ccc(C(=O)Nc2ccc(NCCc3cccc(Cl)c3)nc2)cc1. The van der Waals surface area contributed by atoms with E-state index >= 15 is 0 Å². The molecule has 3 rings (SSSR count). The summed E-state index contributed by atoms with van der Waals surface area (Å²) in [7, 11) is 1.59. The van der Waals surface area contributed by atoms with Gasteiger partial charge < -0.3 is 15.4 Å². The van der Waals surface area contributed by atoms with Gasteiger partial charge in [0.05, 0.1) is 19.0 Å². The van der Waals surface area contributed by atoms with Crippen molar-refractivity contribution in [2.45, 2.75) is 6.42 Å². The summed E-state index contributed by atoms with van der Waals surface area (Å²) < 4.78 is 5.09. The molecule has 0 saturated heterocycles. The van der Waals surface area contributed by atoms with Gasteiger partial charge in [-0.15, -0.1) is 0 Å². The smallest absolute Gasteiger partial charge is 0.255 e. The van der Waals surface area contributed by atoms with Crippen LogP contribution in [0.1, 0.15) is 15.9 Å². The molecule has 0 aliphatic heterocycles. The predicted molar refractivity (Wildman–Crippen MR) is 109 cm³/mol. The summed E-state index contributed by atoms with van der Waals surface area (Å²) in [5.74, 6) is 1.27. The molecule has 0 aliphatic carbocycles. The Morgan fingerprint density at radius 1 is 1.11 bits per heavy atom. The Kier molecular flexibility index (Phi) is 6.28. The second-order valence-electron chi connectivity index (χ2n) is 5.92. The summed E-state index contributed by atoms with van der Waals surface area (Å²) in [4.78, 5) is 16.6. The van der Waals surface area contributed by atoms with Crippen LogP contribution in [-0.4, -0.2) is 24.5 Å². The van der Waals surface area contributed by atoms with Crippen LogP contribution in [0, 0.1) is 0 Å². The van der Waals surface area contributed by atoms with Crippen molar-refractivity contribution in [3.05, 3.63) is 83.0 Å². The first-order valence-corrected chi connectivity index (χ1v) is 8.91. The zero-order chi connectivity index (χ0) is 19.1. The first-order valence-electron chi connectivity index (χ1n) is 8.54. The summed E-state index contributed by atoms with van der Waals surface area (Å²) in [6.07, 6.45) is 2.47. The van der Waals surface area contributed by atoms with E-state index in [1.54, 1.807) is 37.6 Å². The molecule has 1 aromatic heterocycles. The number of pyridine rings is 1. The molecule has 1 amide bonds. The number of amides is 1. The maximum absolute atomic E-state index is 12.2. The second-order valence-corrected chi connectivity index (χ2v) is 6.36. The molecule has 2 N–H and O–H groups in total. The van der Waals surface area contributed by atoms with Crippen molar-refractivity contribution in [2.24, 2.45) is 0 Å². The van der Waals surface area contributed by atoms with Crippen LogP contribution in [0.2, 0.25) is 5.02 Å². The largest absolute Gasteiger partial charge is 0.497 e. The Bertz CT molecular complexity index is 896. The number of halogens is 1. The highest BCUT2D eigenvalue weighted by atomic mass is 35.5. The lowest BCUT2D eigenvalue weighted by molar-refractivity contribution is 0.102. The number of nitrogens with zero attached hydrogens (tertiary/aromatic N) is 1. The van der Waals surface area contributed by atoms with Gasteiger partial charge in [-0.2, -0.15) is 0 Å². The Morgan fingerprint density at radius 3 is 2.59 bits per heavy atom. The van der Waals surface area contributed by atoms with E-state index in [1.165, 1.54) is 5.56 Å². The van der Waals surface area contributed by atoms with Gasteiger partial charge >= 0.3 is 0 Å². The molecule has 138 valence electrons. The molecule has 2 aromatic carbocycles. The van der Waals surface area contributed by atoms with Crippen molar-refractivity contribution in [1.29, 1.82) is 0 Å². The number of benzene rings is 2. The lowest BCUT2D eigenvalue weighted by Crippen LogP contribution is -2.12. The number of nitrogens with one attached hydrogen (secondary N) is 2. The first-order chi connectivity index (χ1) is 13.1. The highest BCUT2D eigenvalue weighted by molar-refractivity contribution is 6.30. The van der Waals surface area contributed by atoms with Gasteiger partial charge in [0, 0.05) is 17.1 Å². The number of hydrogen-bond donors (Lipinski definition) is 2. The fraction of sp³-hybridized carbons (Fsp3) is 0.143. The van der Waals surface area contributed by atoms with E-state index in [-0.39, 0.29) is 5.91 Å². The van der Waals surface area contributed by atoms with Crippen molar-refractivity contribution in [2.75, 3.05) is 24.3 Å². The van der Waals surface area contributed by atoms with Crippen molar-refractivity contribution in [1.82, 2.24) is 4.98 Å². The molecule has 5 nitrogen and oxygen atoms in total. The quantitative estimate of drug-likeness (QED) is 0.625. The molecule has 0 spiro atoms. The number of ether oxygens (including phenoxy) is 1. The number of carbonyl (C=O) groups excluding carboxylic acids is 1. The Hall–Kier alpha value is -3.05. The first kappa shape index (κ1) is 18.7. The van der Waals surface area contributed by atoms with E-state index in [4.69, 9.17) is 16.3 Å². The van der Waals surface area contributed by atoms with Gasteiger partial charge in [-0.05, 0) is 60.5 Å². The Morgan fingerprint density at radius 2 is 1.93 bits per heavy atom. The minimum absolute atomic E-state index is 0.193. The van der Waals surface area contributed by atoms with E-state index in [0.29, 0.717) is 17.0 Å². The Balaban J connectivity index is 1.51. The minimum atomic E-state index is -0.193. The molecule has 0 saturated carbocycles. The molecule has 3 aromatic rings. The zero-order valence-electron chi connectivity index (χ0n) is 14.9. The number of rotatable bonds is 7. The lowest BCUT2D eigenvalue weighted by atomic mass is 10.1. The topological polar surface area (TPSA) is 63.2 Å². The summed E-state index contributed by atoms with van der Waals surface area (Å²) in [6, 6.07) is 18.4. The lowest BCUT2D eigenvalue weighted by Gasteiger charge is -2.08. The predicted octanol–water partition coefficient (Wildman–Crippen LogP) is 4.65. The molecule has 0 unspecified atom stereocenters. The summed E-state index contributed by atoms with van der Waals surface area (Å²) in [6.45, 7) is 0.741. The van der Waals surface area contributed by atoms with Crippen LogP contribution in [0.5, 0.6) is 5.75 Å². The standard InChI is InChI=1S/C21H20ClN3O2/c1-27-19-8-5-16(6-9-19)21(26)25-18-7-10-20(24-14-18)23-12-11-15-3-2-4-17(22)13-15/h2-10,13-14H,11-12H2,1H3,(H,23,24)(H,25,26). The zero-order valence-corrected chi connectivity index (χ0v) is 15.7. The monoisotopic (exact) mass is 381 g/mol. The van der Waals surface area contributed by atoms with E-state index < -0.39 is 0 Å². The van der Waals surface area contributed by atoms with Crippen LogP contribution >= 0.6 is 11.6 Å². The van der Waals surface area contributed by atoms with Crippen molar-refractivity contribution >= 4 is 29.0 Å². The molecule has 27 heavy (non-hydrogen) atoms. The van der Waals surface area contributed by atoms with Gasteiger partial charge in [0.2, 0.25) is 0 Å². The maximum atomic E-state index is 12.2. The van der Waals surface area contributed by atoms with Crippen molar-refractivity contribution < 1.29 is 9.53 Å². The highest BCUT2D eigenvalue weighted by Crippen LogP contribution is 2.15. The van der Waals surface area contributed by atoms with Gasteiger partial charge in [-0.1, -0.05) is 23.7 Å². The average molecular weight is 382 g/mol. The molecule has 0 aliphatic rings. The van der Waals surface area contributed by atoms with Crippen LogP contribution in [-0.2, 0) is 6.42 Å². The number of anilines is 2. The van der Waals surface area contributed by atoms with Crippen LogP contribution < -0.4 is 15.4 Å². The van der Waals surface area contributed by atoms with Crippen LogP contribution in [0.4, 0.5) is 11.5 Å². The van der Waals surface area contributed by atoms with Crippen LogP contribution in [0.15, 0.2) is 66.9 Å². The molecule has 1 heterocycles. The molecular formula is C21H20ClN3O2. The van der Waals surface area contributed by atoms with Crippen molar-refractivity contribution in [3.8, 4) is 5.75 Å². The van der Waals surface area contributed by atoms with E-state index in [2.05, 4.69) is 15.6 Å². The third-order valence-electron chi connectivity index (χ3n) is 3.98. The number of carbonyl (C=O) groups is 1. The molecule has 6 heteroatoms. The van der Waals surface area contributed by atoms with E-state index in [1.807, 2.05) is 36.4 Å². The van der Waals surface area contributed by atoms with Gasteiger partial charge in [0.1, 0.15) is 11.6 Å².